The summed E-state index contributed by atoms with van der Waals surface area (Å²) in [4.78, 5) is 38.9. The molecule has 26 heavy (non-hydrogen) atoms. The lowest BCUT2D eigenvalue weighted by atomic mass is 10.0. The second-order valence-corrected chi connectivity index (χ2v) is 7.73. The summed E-state index contributed by atoms with van der Waals surface area (Å²) in [7, 11) is 0. The van der Waals surface area contributed by atoms with Crippen LogP contribution >= 0.6 is 11.8 Å². The van der Waals surface area contributed by atoms with Gasteiger partial charge >= 0.3 is 0 Å². The number of Topliss-reactive ketones (excluding diaryl/α,β-unsaturated/α-hetero) is 1. The van der Waals surface area contributed by atoms with Crippen LogP contribution in [0.4, 0.5) is 0 Å². The summed E-state index contributed by atoms with van der Waals surface area (Å²) in [6.45, 7) is 2.49. The molecule has 136 valence electrons. The Balaban J connectivity index is 1.57. The summed E-state index contributed by atoms with van der Waals surface area (Å²) >= 11 is 1.07. The molecule has 6 nitrogen and oxygen atoms in total. The van der Waals surface area contributed by atoms with Crippen molar-refractivity contribution in [2.24, 2.45) is 0 Å². The number of carbonyl (C=O) groups is 3. The lowest BCUT2D eigenvalue weighted by Gasteiger charge is -2.38. The molecule has 0 spiro atoms. The van der Waals surface area contributed by atoms with Crippen LogP contribution in [0.15, 0.2) is 28.7 Å². The molecule has 2 aromatic rings. The van der Waals surface area contributed by atoms with Gasteiger partial charge in [-0.05, 0) is 32.3 Å². The van der Waals surface area contributed by atoms with Gasteiger partial charge in [0.15, 0.2) is 11.5 Å². The van der Waals surface area contributed by atoms with Crippen LogP contribution in [0.25, 0.3) is 11.0 Å². The number of hydrogen-bond donors (Lipinski definition) is 1. The van der Waals surface area contributed by atoms with Gasteiger partial charge in [0.2, 0.25) is 5.12 Å². The van der Waals surface area contributed by atoms with E-state index < -0.39 is 6.04 Å². The molecule has 1 aromatic carbocycles. The highest BCUT2D eigenvalue weighted by atomic mass is 32.2. The summed E-state index contributed by atoms with van der Waals surface area (Å²) < 4.78 is 5.74. The second kappa shape index (κ2) is 6.89. The van der Waals surface area contributed by atoms with Gasteiger partial charge in [0, 0.05) is 17.5 Å². The van der Waals surface area contributed by atoms with E-state index in [2.05, 4.69) is 5.32 Å². The Morgan fingerprint density at radius 3 is 2.81 bits per heavy atom. The van der Waals surface area contributed by atoms with Gasteiger partial charge in [-0.1, -0.05) is 30.0 Å². The number of fused-ring (bicyclic) bond motifs is 1. The normalized spacial score (nSPS) is 24.3. The van der Waals surface area contributed by atoms with Crippen LogP contribution in [-0.2, 0) is 9.59 Å². The minimum Gasteiger partial charge on any atom is -0.451 e. The molecular weight excluding hydrogens is 352 g/mol. The van der Waals surface area contributed by atoms with Crippen LogP contribution in [0.1, 0.15) is 35.4 Å². The molecule has 3 heterocycles. The first-order chi connectivity index (χ1) is 12.6. The van der Waals surface area contributed by atoms with E-state index in [0.29, 0.717) is 18.5 Å². The fraction of sp³-hybridized carbons (Fsp3) is 0.421. The van der Waals surface area contributed by atoms with E-state index >= 15 is 0 Å². The quantitative estimate of drug-likeness (QED) is 0.834. The molecule has 2 atom stereocenters. The van der Waals surface area contributed by atoms with Gasteiger partial charge in [-0.25, -0.2) is 0 Å². The van der Waals surface area contributed by atoms with E-state index in [9.17, 15) is 14.4 Å². The van der Waals surface area contributed by atoms with E-state index in [4.69, 9.17) is 4.42 Å². The monoisotopic (exact) mass is 372 g/mol. The van der Waals surface area contributed by atoms with Crippen molar-refractivity contribution in [3.63, 3.8) is 0 Å². The van der Waals surface area contributed by atoms with Gasteiger partial charge < -0.3 is 9.73 Å². The summed E-state index contributed by atoms with van der Waals surface area (Å²) in [5.74, 6) is 0.140. The van der Waals surface area contributed by atoms with Gasteiger partial charge in [-0.2, -0.15) is 0 Å². The first kappa shape index (κ1) is 17.3. The minimum absolute atomic E-state index is 0.0685. The second-order valence-electron chi connectivity index (χ2n) is 6.75. The number of carbonyl (C=O) groups excluding carboxylic acids is 3. The number of para-hydroxylation sites is 1. The van der Waals surface area contributed by atoms with Gasteiger partial charge in [-0.15, -0.1) is 0 Å². The lowest BCUT2D eigenvalue weighted by Crippen LogP contribution is -2.57. The highest BCUT2D eigenvalue weighted by molar-refractivity contribution is 8.15. The predicted octanol–water partition coefficient (Wildman–Crippen LogP) is 2.49. The smallest absolute Gasteiger partial charge is 0.288 e. The molecular formula is C19H20N2O4S. The average molecular weight is 372 g/mol. The van der Waals surface area contributed by atoms with E-state index in [-0.39, 0.29) is 34.5 Å². The third-order valence-electron chi connectivity index (χ3n) is 5.11. The number of rotatable bonds is 3. The van der Waals surface area contributed by atoms with Crippen LogP contribution in [0.2, 0.25) is 0 Å². The largest absolute Gasteiger partial charge is 0.451 e. The standard InChI is InChI=1S/C19H20N2O4S/c1-11-12-6-2-3-7-14(12)25-17(11)18(23)20-15-8-4-5-9-21(15)16-13(22)10-26-19(16)24/h2-3,6-7,15-16H,4-5,8-10H2,1H3,(H,20,23). The third-order valence-corrected chi connectivity index (χ3v) is 6.05. The van der Waals surface area contributed by atoms with Crippen LogP contribution in [-0.4, -0.2) is 46.2 Å². The average Bonchev–Trinajstić information content (AvgIpc) is 3.16. The van der Waals surface area contributed by atoms with E-state index in [1.165, 1.54) is 0 Å². The van der Waals surface area contributed by atoms with Gasteiger partial charge in [-0.3, -0.25) is 19.3 Å². The molecule has 0 radical (unpaired) electrons. The maximum absolute atomic E-state index is 12.8. The zero-order valence-electron chi connectivity index (χ0n) is 14.5. The molecule has 2 aliphatic rings. The number of thioether (sulfide) groups is 1. The fourth-order valence-electron chi connectivity index (χ4n) is 3.78. The highest BCUT2D eigenvalue weighted by Crippen LogP contribution is 2.28. The van der Waals surface area contributed by atoms with Crippen molar-refractivity contribution in [3.8, 4) is 0 Å². The van der Waals surface area contributed by atoms with Crippen molar-refractivity contribution in [1.82, 2.24) is 10.2 Å². The van der Waals surface area contributed by atoms with Crippen molar-refractivity contribution >= 4 is 39.5 Å². The summed E-state index contributed by atoms with van der Waals surface area (Å²) in [6, 6.07) is 6.79. The van der Waals surface area contributed by atoms with Gasteiger partial charge in [0.25, 0.3) is 5.91 Å². The topological polar surface area (TPSA) is 79.6 Å². The molecule has 2 saturated heterocycles. The van der Waals surface area contributed by atoms with Crippen molar-refractivity contribution in [3.05, 3.63) is 35.6 Å². The maximum atomic E-state index is 12.8. The Morgan fingerprint density at radius 1 is 1.27 bits per heavy atom. The number of furan rings is 1. The molecule has 0 bridgehead atoms. The number of hydrogen-bond acceptors (Lipinski definition) is 6. The Hall–Kier alpha value is -2.12. The van der Waals surface area contributed by atoms with E-state index in [1.54, 1.807) is 0 Å². The zero-order valence-corrected chi connectivity index (χ0v) is 15.3. The molecule has 1 aromatic heterocycles. The first-order valence-electron chi connectivity index (χ1n) is 8.80. The Labute approximate surface area is 155 Å². The minimum atomic E-state index is -0.734. The zero-order chi connectivity index (χ0) is 18.3. The van der Waals surface area contributed by atoms with Crippen LogP contribution in [0.3, 0.4) is 0 Å². The van der Waals surface area contributed by atoms with Crippen LogP contribution in [0.5, 0.6) is 0 Å². The van der Waals surface area contributed by atoms with Crippen molar-refractivity contribution in [2.45, 2.75) is 38.4 Å². The molecule has 0 aliphatic carbocycles. The van der Waals surface area contributed by atoms with Crippen molar-refractivity contribution in [1.29, 1.82) is 0 Å². The summed E-state index contributed by atoms with van der Waals surface area (Å²) in [5.41, 5.74) is 1.47. The number of amides is 1. The van der Waals surface area contributed by atoms with E-state index in [1.807, 2.05) is 36.1 Å². The maximum Gasteiger partial charge on any atom is 0.288 e. The van der Waals surface area contributed by atoms with Crippen LogP contribution in [0, 0.1) is 6.92 Å². The van der Waals surface area contributed by atoms with Gasteiger partial charge in [0.1, 0.15) is 11.6 Å². The summed E-state index contributed by atoms with van der Waals surface area (Å²) in [5, 5.41) is 3.78. The molecule has 1 N–H and O–H groups in total. The molecule has 2 fully saturated rings. The number of likely N-dealkylation sites (tertiary alicyclic amines) is 1. The Morgan fingerprint density at radius 2 is 2.08 bits per heavy atom. The molecule has 4 rings (SSSR count). The number of aryl methyl sites for hydroxylation is 1. The first-order valence-corrected chi connectivity index (χ1v) is 9.79. The van der Waals surface area contributed by atoms with E-state index in [0.717, 1.165) is 35.6 Å². The lowest BCUT2D eigenvalue weighted by molar-refractivity contribution is -0.129. The number of nitrogens with zero attached hydrogens (tertiary/aromatic N) is 1. The third kappa shape index (κ3) is 2.95. The number of ketones is 1. The fourth-order valence-corrected chi connectivity index (χ4v) is 4.64. The number of piperidine rings is 1. The van der Waals surface area contributed by atoms with Gasteiger partial charge in [0.05, 0.1) is 11.9 Å². The molecule has 2 unspecified atom stereocenters. The predicted molar refractivity (Wildman–Crippen MR) is 99.0 cm³/mol. The number of nitrogens with one attached hydrogen (secondary N) is 1. The van der Waals surface area contributed by atoms with Crippen molar-refractivity contribution in [2.75, 3.05) is 12.3 Å². The van der Waals surface area contributed by atoms with Crippen molar-refractivity contribution < 1.29 is 18.8 Å². The molecule has 7 heteroatoms. The molecule has 0 saturated carbocycles. The summed E-state index contributed by atoms with van der Waals surface area (Å²) in [6.07, 6.45) is 2.24. The molecule has 1 amide bonds. The Kier molecular flexibility index (Phi) is 4.58. The highest BCUT2D eigenvalue weighted by Gasteiger charge is 2.42. The van der Waals surface area contributed by atoms with Crippen LogP contribution < -0.4 is 5.32 Å². The molecule has 2 aliphatic heterocycles. The Bertz CT molecular complexity index is 875. The SMILES string of the molecule is Cc1c(C(=O)NC2CCCCN2C2C(=O)CSC2=O)oc2ccccc12. The number of benzene rings is 1.